The van der Waals surface area contributed by atoms with Gasteiger partial charge in [-0.1, -0.05) is 31.2 Å². The summed E-state index contributed by atoms with van der Waals surface area (Å²) in [4.78, 5) is 22.6. The Morgan fingerprint density at radius 3 is 1.86 bits per heavy atom. The van der Waals surface area contributed by atoms with Crippen molar-refractivity contribution in [3.05, 3.63) is 24.3 Å². The summed E-state index contributed by atoms with van der Waals surface area (Å²) in [6, 6.07) is 0. The first-order valence-electron chi connectivity index (χ1n) is 4.90. The van der Waals surface area contributed by atoms with E-state index in [1.165, 1.54) is 13.8 Å². The van der Waals surface area contributed by atoms with E-state index in [2.05, 4.69) is 0 Å². The van der Waals surface area contributed by atoms with E-state index < -0.39 is 5.92 Å². The number of Topliss-reactive ketones (excluding diaryl/α,β-unsaturated/α-hetero) is 2. The van der Waals surface area contributed by atoms with Gasteiger partial charge in [-0.3, -0.25) is 9.59 Å². The highest BCUT2D eigenvalue weighted by molar-refractivity contribution is 6.00. The highest BCUT2D eigenvalue weighted by Crippen LogP contribution is 2.27. The van der Waals surface area contributed by atoms with Gasteiger partial charge < -0.3 is 0 Å². The Morgan fingerprint density at radius 2 is 1.50 bits per heavy atom. The fourth-order valence-electron chi connectivity index (χ4n) is 2.05. The molecule has 14 heavy (non-hydrogen) atoms. The average molecular weight is 192 g/mol. The van der Waals surface area contributed by atoms with E-state index >= 15 is 0 Å². The molecule has 0 aromatic rings. The molecule has 0 N–H and O–H groups in total. The van der Waals surface area contributed by atoms with Gasteiger partial charge in [-0.2, -0.15) is 0 Å². The quantitative estimate of drug-likeness (QED) is 0.640. The lowest BCUT2D eigenvalue weighted by Gasteiger charge is -2.22. The normalized spacial score (nSPS) is 17.7. The number of ketones is 2. The van der Waals surface area contributed by atoms with Gasteiger partial charge in [0.25, 0.3) is 0 Å². The third-order valence-electron chi connectivity index (χ3n) is 2.79. The molecule has 0 amide bonds. The molecule has 0 aliphatic heterocycles. The van der Waals surface area contributed by atoms with Crippen LogP contribution in [-0.2, 0) is 9.59 Å². The standard InChI is InChI=1S/C12H16O2/c1-8(11-6-4-5-7-11)12(9(2)13)10(3)14/h4-8,11-12H,1-3H3/t8-/m0/s1. The molecule has 0 unspecified atom stereocenters. The van der Waals surface area contributed by atoms with Crippen molar-refractivity contribution in [2.75, 3.05) is 0 Å². The van der Waals surface area contributed by atoms with Crippen molar-refractivity contribution in [1.82, 2.24) is 0 Å². The van der Waals surface area contributed by atoms with E-state index in [4.69, 9.17) is 0 Å². The second-order valence-electron chi connectivity index (χ2n) is 3.91. The van der Waals surface area contributed by atoms with Crippen LogP contribution in [0.5, 0.6) is 0 Å². The van der Waals surface area contributed by atoms with Gasteiger partial charge in [-0.15, -0.1) is 0 Å². The molecule has 0 radical (unpaired) electrons. The van der Waals surface area contributed by atoms with Crippen LogP contribution in [0.25, 0.3) is 0 Å². The first-order valence-corrected chi connectivity index (χ1v) is 4.90. The summed E-state index contributed by atoms with van der Waals surface area (Å²) < 4.78 is 0. The van der Waals surface area contributed by atoms with Gasteiger partial charge in [-0.05, 0) is 25.7 Å². The van der Waals surface area contributed by atoms with Crippen molar-refractivity contribution in [3.8, 4) is 0 Å². The molecule has 2 heteroatoms. The van der Waals surface area contributed by atoms with Gasteiger partial charge >= 0.3 is 0 Å². The molecule has 0 bridgehead atoms. The number of hydrogen-bond acceptors (Lipinski definition) is 2. The number of rotatable bonds is 4. The number of hydrogen-bond donors (Lipinski definition) is 0. The van der Waals surface area contributed by atoms with Gasteiger partial charge in [0.2, 0.25) is 0 Å². The summed E-state index contributed by atoms with van der Waals surface area (Å²) in [5.74, 6) is -0.211. The first-order chi connectivity index (χ1) is 6.54. The summed E-state index contributed by atoms with van der Waals surface area (Å²) >= 11 is 0. The molecular weight excluding hydrogens is 176 g/mol. The molecule has 0 heterocycles. The Bertz CT molecular complexity index is 273. The predicted molar refractivity (Wildman–Crippen MR) is 55.8 cm³/mol. The minimum atomic E-state index is -0.451. The molecule has 0 saturated heterocycles. The van der Waals surface area contributed by atoms with Gasteiger partial charge in [0.15, 0.2) is 0 Å². The lowest BCUT2D eigenvalue weighted by molar-refractivity contribution is -0.132. The van der Waals surface area contributed by atoms with Crippen molar-refractivity contribution < 1.29 is 9.59 Å². The Balaban J connectivity index is 2.78. The van der Waals surface area contributed by atoms with Crippen molar-refractivity contribution in [3.63, 3.8) is 0 Å². The highest BCUT2D eigenvalue weighted by atomic mass is 16.1. The minimum absolute atomic E-state index is 0.0290. The van der Waals surface area contributed by atoms with Crippen molar-refractivity contribution >= 4 is 11.6 Å². The van der Waals surface area contributed by atoms with Crippen LogP contribution in [0.3, 0.4) is 0 Å². The molecule has 2 nitrogen and oxygen atoms in total. The lowest BCUT2D eigenvalue weighted by atomic mass is 9.79. The third-order valence-corrected chi connectivity index (χ3v) is 2.79. The Labute approximate surface area is 84.7 Å². The number of carbonyl (C=O) groups excluding carboxylic acids is 2. The zero-order valence-electron chi connectivity index (χ0n) is 8.86. The molecule has 76 valence electrons. The minimum Gasteiger partial charge on any atom is -0.299 e. The summed E-state index contributed by atoms with van der Waals surface area (Å²) in [5.41, 5.74) is 0. The van der Waals surface area contributed by atoms with Crippen molar-refractivity contribution in [2.45, 2.75) is 20.8 Å². The fraction of sp³-hybridized carbons (Fsp3) is 0.500. The average Bonchev–Trinajstić information content (AvgIpc) is 2.53. The van der Waals surface area contributed by atoms with Crippen LogP contribution in [-0.4, -0.2) is 11.6 Å². The van der Waals surface area contributed by atoms with Crippen LogP contribution in [0.1, 0.15) is 20.8 Å². The largest absolute Gasteiger partial charge is 0.299 e. The molecular formula is C12H16O2. The number of allylic oxidation sites excluding steroid dienone is 4. The van der Waals surface area contributed by atoms with Gasteiger partial charge in [0, 0.05) is 0 Å². The van der Waals surface area contributed by atoms with Crippen LogP contribution < -0.4 is 0 Å². The lowest BCUT2D eigenvalue weighted by Crippen LogP contribution is -2.30. The smallest absolute Gasteiger partial charge is 0.140 e. The molecule has 0 fully saturated rings. The molecule has 1 aliphatic rings. The Kier molecular flexibility index (Phi) is 3.39. The van der Waals surface area contributed by atoms with Crippen molar-refractivity contribution in [1.29, 1.82) is 0 Å². The van der Waals surface area contributed by atoms with Crippen LogP contribution in [0.4, 0.5) is 0 Å². The van der Waals surface area contributed by atoms with E-state index in [9.17, 15) is 9.59 Å². The van der Waals surface area contributed by atoms with Crippen LogP contribution >= 0.6 is 0 Å². The summed E-state index contributed by atoms with van der Waals surface area (Å²) in [7, 11) is 0. The molecule has 0 spiro atoms. The topological polar surface area (TPSA) is 34.1 Å². The van der Waals surface area contributed by atoms with Gasteiger partial charge in [0.1, 0.15) is 11.6 Å². The van der Waals surface area contributed by atoms with E-state index in [1.54, 1.807) is 0 Å². The second-order valence-corrected chi connectivity index (χ2v) is 3.91. The summed E-state index contributed by atoms with van der Waals surface area (Å²) in [5, 5.41) is 0. The maximum Gasteiger partial charge on any atom is 0.140 e. The zero-order chi connectivity index (χ0) is 10.7. The van der Waals surface area contributed by atoms with Gasteiger partial charge in [-0.25, -0.2) is 0 Å². The molecule has 1 rings (SSSR count). The maximum absolute atomic E-state index is 11.3. The highest BCUT2D eigenvalue weighted by Gasteiger charge is 2.30. The van der Waals surface area contributed by atoms with Gasteiger partial charge in [0.05, 0.1) is 5.92 Å². The second kappa shape index (κ2) is 4.36. The monoisotopic (exact) mass is 192 g/mol. The maximum atomic E-state index is 11.3. The summed E-state index contributed by atoms with van der Waals surface area (Å²) in [6.45, 7) is 4.94. The molecule has 0 saturated carbocycles. The van der Waals surface area contributed by atoms with Crippen molar-refractivity contribution in [2.24, 2.45) is 17.8 Å². The zero-order valence-corrected chi connectivity index (χ0v) is 8.86. The Hall–Kier alpha value is -1.18. The molecule has 0 aromatic carbocycles. The summed E-state index contributed by atoms with van der Waals surface area (Å²) in [6.07, 6.45) is 7.98. The SMILES string of the molecule is CC(=O)C(C(C)=O)[C@@H](C)C1C=CC=C1. The third kappa shape index (κ3) is 2.19. The fourth-order valence-corrected chi connectivity index (χ4v) is 2.05. The number of carbonyl (C=O) groups is 2. The van der Waals surface area contributed by atoms with E-state index in [1.807, 2.05) is 31.2 Å². The van der Waals surface area contributed by atoms with Crippen LogP contribution in [0, 0.1) is 17.8 Å². The molecule has 0 aromatic heterocycles. The first kappa shape index (κ1) is 10.9. The van der Waals surface area contributed by atoms with E-state index in [0.717, 1.165) is 0 Å². The Morgan fingerprint density at radius 1 is 1.07 bits per heavy atom. The molecule has 1 aliphatic carbocycles. The van der Waals surface area contributed by atoms with E-state index in [0.29, 0.717) is 0 Å². The predicted octanol–water partition coefficient (Wildman–Crippen LogP) is 2.16. The molecule has 1 atom stereocenters. The van der Waals surface area contributed by atoms with E-state index in [-0.39, 0.29) is 23.4 Å². The van der Waals surface area contributed by atoms with Crippen LogP contribution in [0.2, 0.25) is 0 Å². The van der Waals surface area contributed by atoms with Crippen LogP contribution in [0.15, 0.2) is 24.3 Å².